The quantitative estimate of drug-likeness (QED) is 0.792. The fraction of sp³-hybridized carbons (Fsp3) is 0. The average molecular weight is 301 g/mol. The third-order valence-electron chi connectivity index (χ3n) is 1.83. The fourth-order valence-corrected chi connectivity index (χ4v) is 2.16. The van der Waals surface area contributed by atoms with Crippen LogP contribution in [0, 0.1) is 5.82 Å². The zero-order chi connectivity index (χ0) is 11.5. The lowest BCUT2D eigenvalue weighted by Crippen LogP contribution is -1.82. The molecule has 0 aliphatic rings. The third-order valence-corrected chi connectivity index (χ3v) is 3.32. The van der Waals surface area contributed by atoms with Crippen LogP contribution in [0.3, 0.4) is 0 Å². The van der Waals surface area contributed by atoms with E-state index in [1.807, 2.05) is 0 Å². The van der Waals surface area contributed by atoms with Crippen molar-refractivity contribution in [2.24, 2.45) is 0 Å². The van der Waals surface area contributed by atoms with Crippen LogP contribution < -0.4 is 4.74 Å². The minimum atomic E-state index is -0.341. The number of halogens is 2. The average Bonchev–Trinajstić information content (AvgIpc) is 2.71. The van der Waals surface area contributed by atoms with Crippen molar-refractivity contribution in [3.05, 3.63) is 45.5 Å². The van der Waals surface area contributed by atoms with E-state index in [1.165, 1.54) is 29.5 Å². The Morgan fingerprint density at radius 3 is 2.75 bits per heavy atom. The SMILES string of the molecule is O=Cc1ccc(Oc2ccc(F)c(Br)c2)s1. The van der Waals surface area contributed by atoms with Crippen molar-refractivity contribution < 1.29 is 13.9 Å². The summed E-state index contributed by atoms with van der Waals surface area (Å²) in [6.07, 6.45) is 0.762. The second kappa shape index (κ2) is 4.76. The van der Waals surface area contributed by atoms with E-state index in [9.17, 15) is 9.18 Å². The Labute approximate surface area is 104 Å². The molecule has 1 aromatic heterocycles. The van der Waals surface area contributed by atoms with E-state index >= 15 is 0 Å². The number of rotatable bonds is 3. The van der Waals surface area contributed by atoms with Gasteiger partial charge in [0.25, 0.3) is 0 Å². The maximum Gasteiger partial charge on any atom is 0.181 e. The van der Waals surface area contributed by atoms with Gasteiger partial charge in [-0.3, -0.25) is 4.79 Å². The Bertz CT molecular complexity index is 524. The lowest BCUT2D eigenvalue weighted by molar-refractivity contribution is 0.112. The molecule has 0 N–H and O–H groups in total. The van der Waals surface area contributed by atoms with Crippen molar-refractivity contribution in [1.29, 1.82) is 0 Å². The van der Waals surface area contributed by atoms with Crippen LogP contribution in [-0.4, -0.2) is 6.29 Å². The first-order valence-electron chi connectivity index (χ1n) is 4.37. The Morgan fingerprint density at radius 1 is 1.31 bits per heavy atom. The molecule has 1 heterocycles. The molecule has 0 aliphatic carbocycles. The van der Waals surface area contributed by atoms with Crippen LogP contribution in [0.2, 0.25) is 0 Å². The van der Waals surface area contributed by atoms with E-state index in [2.05, 4.69) is 15.9 Å². The largest absolute Gasteiger partial charge is 0.447 e. The van der Waals surface area contributed by atoms with Crippen LogP contribution in [0.5, 0.6) is 10.8 Å². The zero-order valence-corrected chi connectivity index (χ0v) is 10.3. The summed E-state index contributed by atoms with van der Waals surface area (Å²) < 4.78 is 18.8. The van der Waals surface area contributed by atoms with Crippen molar-refractivity contribution >= 4 is 33.6 Å². The molecule has 16 heavy (non-hydrogen) atoms. The molecule has 0 bridgehead atoms. The number of thiophene rings is 1. The molecule has 0 atom stereocenters. The molecule has 0 unspecified atom stereocenters. The van der Waals surface area contributed by atoms with Crippen molar-refractivity contribution in [3.8, 4) is 10.8 Å². The zero-order valence-electron chi connectivity index (χ0n) is 7.94. The topological polar surface area (TPSA) is 26.3 Å². The minimum absolute atomic E-state index is 0.341. The van der Waals surface area contributed by atoms with Gasteiger partial charge in [-0.15, -0.1) is 0 Å². The van der Waals surface area contributed by atoms with Crippen molar-refractivity contribution in [1.82, 2.24) is 0 Å². The third kappa shape index (κ3) is 2.48. The predicted octanol–water partition coefficient (Wildman–Crippen LogP) is 4.25. The summed E-state index contributed by atoms with van der Waals surface area (Å²) in [5.74, 6) is 0.180. The van der Waals surface area contributed by atoms with Crippen molar-refractivity contribution in [2.75, 3.05) is 0 Å². The lowest BCUT2D eigenvalue weighted by Gasteiger charge is -2.03. The molecule has 0 saturated carbocycles. The molecule has 0 amide bonds. The van der Waals surface area contributed by atoms with E-state index in [0.29, 0.717) is 20.2 Å². The molecule has 2 rings (SSSR count). The van der Waals surface area contributed by atoms with Crippen LogP contribution in [0.4, 0.5) is 4.39 Å². The van der Waals surface area contributed by atoms with Gasteiger partial charge in [0, 0.05) is 0 Å². The van der Waals surface area contributed by atoms with Gasteiger partial charge in [0.05, 0.1) is 9.35 Å². The van der Waals surface area contributed by atoms with Crippen molar-refractivity contribution in [2.45, 2.75) is 0 Å². The maximum atomic E-state index is 13.0. The van der Waals surface area contributed by atoms with Gasteiger partial charge in [-0.1, -0.05) is 11.3 Å². The first-order chi connectivity index (χ1) is 7.69. The van der Waals surface area contributed by atoms with E-state index in [0.717, 1.165) is 6.29 Å². The standard InChI is InChI=1S/C11H6BrFO2S/c12-9-5-7(1-3-10(9)13)15-11-4-2-8(6-14)16-11/h1-6H. The van der Waals surface area contributed by atoms with Crippen LogP contribution >= 0.6 is 27.3 Å². The molecule has 0 fully saturated rings. The lowest BCUT2D eigenvalue weighted by atomic mass is 10.3. The number of aldehydes is 1. The highest BCUT2D eigenvalue weighted by Gasteiger charge is 2.04. The monoisotopic (exact) mass is 300 g/mol. The number of hydrogen-bond acceptors (Lipinski definition) is 3. The molecule has 0 radical (unpaired) electrons. The molecule has 2 nitrogen and oxygen atoms in total. The van der Waals surface area contributed by atoms with Crippen LogP contribution in [0.25, 0.3) is 0 Å². The highest BCUT2D eigenvalue weighted by atomic mass is 79.9. The van der Waals surface area contributed by atoms with Gasteiger partial charge in [0.2, 0.25) is 0 Å². The summed E-state index contributed by atoms with van der Waals surface area (Å²) in [5, 5.41) is 0.598. The summed E-state index contributed by atoms with van der Waals surface area (Å²) in [4.78, 5) is 11.1. The van der Waals surface area contributed by atoms with Gasteiger partial charge in [-0.25, -0.2) is 4.39 Å². The number of carbonyl (C=O) groups is 1. The Kier molecular flexibility index (Phi) is 3.36. The van der Waals surface area contributed by atoms with E-state index in [4.69, 9.17) is 4.74 Å². The fourth-order valence-electron chi connectivity index (χ4n) is 1.11. The molecular formula is C11H6BrFO2S. The highest BCUT2D eigenvalue weighted by molar-refractivity contribution is 9.10. The van der Waals surface area contributed by atoms with Gasteiger partial charge in [-0.2, -0.15) is 0 Å². The number of hydrogen-bond donors (Lipinski definition) is 0. The van der Waals surface area contributed by atoms with E-state index in [-0.39, 0.29) is 5.82 Å². The molecule has 5 heteroatoms. The van der Waals surface area contributed by atoms with Crippen LogP contribution in [0.15, 0.2) is 34.8 Å². The van der Waals surface area contributed by atoms with Gasteiger partial charge in [0.15, 0.2) is 11.3 Å². The molecule has 0 aliphatic heterocycles. The van der Waals surface area contributed by atoms with Gasteiger partial charge >= 0.3 is 0 Å². The Morgan fingerprint density at radius 2 is 2.12 bits per heavy atom. The van der Waals surface area contributed by atoms with Crippen LogP contribution in [0.1, 0.15) is 9.67 Å². The summed E-state index contributed by atoms with van der Waals surface area (Å²) >= 11 is 4.31. The number of ether oxygens (including phenoxy) is 1. The molecule has 2 aromatic rings. The first-order valence-corrected chi connectivity index (χ1v) is 5.98. The minimum Gasteiger partial charge on any atom is -0.447 e. The smallest absolute Gasteiger partial charge is 0.181 e. The number of carbonyl (C=O) groups excluding carboxylic acids is 1. The van der Waals surface area contributed by atoms with Gasteiger partial charge in [0.1, 0.15) is 11.6 Å². The summed E-state index contributed by atoms with van der Waals surface area (Å²) in [6.45, 7) is 0. The molecule has 0 saturated heterocycles. The predicted molar refractivity (Wildman–Crippen MR) is 63.9 cm³/mol. The molecule has 0 spiro atoms. The maximum absolute atomic E-state index is 13.0. The highest BCUT2D eigenvalue weighted by Crippen LogP contribution is 2.30. The summed E-state index contributed by atoms with van der Waals surface area (Å²) in [7, 11) is 0. The summed E-state index contributed by atoms with van der Waals surface area (Å²) in [6, 6.07) is 7.75. The Balaban J connectivity index is 2.20. The van der Waals surface area contributed by atoms with Crippen LogP contribution in [-0.2, 0) is 0 Å². The summed E-state index contributed by atoms with van der Waals surface area (Å²) in [5.41, 5.74) is 0. The second-order valence-corrected chi connectivity index (χ2v) is 4.88. The van der Waals surface area contributed by atoms with Gasteiger partial charge < -0.3 is 4.74 Å². The van der Waals surface area contributed by atoms with Gasteiger partial charge in [-0.05, 0) is 46.3 Å². The molecular weight excluding hydrogens is 295 g/mol. The second-order valence-electron chi connectivity index (χ2n) is 2.95. The Hall–Kier alpha value is -1.20. The number of benzene rings is 1. The van der Waals surface area contributed by atoms with E-state index < -0.39 is 0 Å². The molecule has 82 valence electrons. The molecule has 1 aromatic carbocycles. The normalized spacial score (nSPS) is 10.1. The van der Waals surface area contributed by atoms with E-state index in [1.54, 1.807) is 12.1 Å². The first kappa shape index (κ1) is 11.3. The van der Waals surface area contributed by atoms with Crippen molar-refractivity contribution in [3.63, 3.8) is 0 Å².